The standard InChI is InChI=1S/C23H13ClF3N3O4.C12H4ClF4N3O2.C11H10O2.CH4/c1-33-17-6-2-5-14-13(17)4-3-7-18(14)34-19-9-16(15(25)8-12(19)11-28)30-21(31)10-20(23(24,26)27)29-22(30)32;13-12(16,17)9-3-10(21)20(11(22)19-9)8-2-6(14)5(4-18)1-7(8)15;1-13-11-7-3-4-8-9(11)5-2-6-10(8)12;/h2-10H,1H3,(H,29,32);1-3H,(H,19,22);2-7,12H,1H3;1H4. The van der Waals surface area contributed by atoms with E-state index in [4.69, 9.17) is 31.1 Å². The molecule has 2 heterocycles. The lowest BCUT2D eigenvalue weighted by Gasteiger charge is -2.14. The summed E-state index contributed by atoms with van der Waals surface area (Å²) in [6, 6.07) is 27.7. The minimum atomic E-state index is -4.01. The van der Waals surface area contributed by atoms with Crippen molar-refractivity contribution < 1.29 is 50.1 Å². The molecule has 0 radical (unpaired) electrons. The minimum Gasteiger partial charge on any atom is -0.507 e. The molecule has 0 unspecified atom stereocenters. The molecule has 8 rings (SSSR count). The Kier molecular flexibility index (Phi) is 15.9. The Balaban J connectivity index is 0.000000216. The summed E-state index contributed by atoms with van der Waals surface area (Å²) in [4.78, 5) is 51.5. The number of phenolic OH excluding ortho intramolecular Hbond substituents is 1. The zero-order valence-electron chi connectivity index (χ0n) is 34.9. The number of nitrogens with zero attached hydrogens (tertiary/aromatic N) is 4. The minimum absolute atomic E-state index is 0. The molecule has 0 aliphatic heterocycles. The number of hydrogen-bond acceptors (Lipinski definition) is 10. The average molecular weight is 1010 g/mol. The number of aromatic nitrogens is 4. The van der Waals surface area contributed by atoms with Crippen LogP contribution in [0.5, 0.6) is 28.7 Å². The zero-order valence-corrected chi connectivity index (χ0v) is 36.4. The number of aromatic hydroxyl groups is 1. The molecular formula is C47H31Cl2F7N6O8. The monoisotopic (exact) mass is 1010 g/mol. The Morgan fingerprint density at radius 1 is 0.557 bits per heavy atom. The predicted molar refractivity (Wildman–Crippen MR) is 244 cm³/mol. The Labute approximate surface area is 398 Å². The zero-order chi connectivity index (χ0) is 50.5. The van der Waals surface area contributed by atoms with Crippen LogP contribution in [-0.2, 0) is 10.8 Å². The Morgan fingerprint density at radius 2 is 0.957 bits per heavy atom. The molecule has 0 aliphatic rings. The summed E-state index contributed by atoms with van der Waals surface area (Å²) >= 11 is 9.54. The van der Waals surface area contributed by atoms with Crippen LogP contribution in [0.1, 0.15) is 29.9 Å². The van der Waals surface area contributed by atoms with Crippen LogP contribution in [0.2, 0.25) is 0 Å². The summed E-state index contributed by atoms with van der Waals surface area (Å²) in [7, 11) is 3.13. The van der Waals surface area contributed by atoms with E-state index in [1.165, 1.54) is 13.2 Å². The number of aromatic amines is 2. The van der Waals surface area contributed by atoms with Crippen LogP contribution in [0.25, 0.3) is 32.9 Å². The van der Waals surface area contributed by atoms with Crippen LogP contribution in [0.4, 0.5) is 30.7 Å². The van der Waals surface area contributed by atoms with Gasteiger partial charge in [-0.05, 0) is 59.6 Å². The first kappa shape index (κ1) is 52.4. The van der Waals surface area contributed by atoms with E-state index >= 15 is 0 Å². The topological polar surface area (TPSA) is 205 Å². The maximum atomic E-state index is 14.8. The van der Waals surface area contributed by atoms with E-state index in [-0.39, 0.29) is 40.9 Å². The van der Waals surface area contributed by atoms with Gasteiger partial charge in [-0.15, -0.1) is 0 Å². The van der Waals surface area contributed by atoms with E-state index in [0.29, 0.717) is 39.3 Å². The summed E-state index contributed by atoms with van der Waals surface area (Å²) in [6.45, 7) is 0. The molecule has 8 aromatic rings. The molecule has 0 atom stereocenters. The van der Waals surface area contributed by atoms with Gasteiger partial charge in [0.1, 0.15) is 69.7 Å². The van der Waals surface area contributed by atoms with Gasteiger partial charge in [0, 0.05) is 45.8 Å². The van der Waals surface area contributed by atoms with Gasteiger partial charge in [0.15, 0.2) is 0 Å². The lowest BCUT2D eigenvalue weighted by molar-refractivity contribution is 0.0887. The highest BCUT2D eigenvalue weighted by atomic mass is 35.5. The van der Waals surface area contributed by atoms with Crippen LogP contribution in [0.15, 0.2) is 128 Å². The van der Waals surface area contributed by atoms with Crippen molar-refractivity contribution in [3.05, 3.63) is 191 Å². The van der Waals surface area contributed by atoms with Crippen molar-refractivity contribution >= 4 is 44.7 Å². The molecule has 0 bridgehead atoms. The Hall–Kier alpha value is -8.53. The predicted octanol–water partition coefficient (Wildman–Crippen LogP) is 9.93. The highest BCUT2D eigenvalue weighted by molar-refractivity contribution is 6.21. The van der Waals surface area contributed by atoms with E-state index in [1.54, 1.807) is 71.7 Å². The van der Waals surface area contributed by atoms with E-state index in [2.05, 4.69) is 11.6 Å². The number of nitrogens with one attached hydrogen (secondary N) is 2. The molecule has 23 heteroatoms. The maximum Gasteiger partial charge on any atom is 0.362 e. The van der Waals surface area contributed by atoms with Gasteiger partial charge in [-0.1, -0.05) is 56.0 Å². The third-order valence-electron chi connectivity index (χ3n) is 9.65. The van der Waals surface area contributed by atoms with Crippen molar-refractivity contribution in [2.75, 3.05) is 14.2 Å². The lowest BCUT2D eigenvalue weighted by Crippen LogP contribution is -2.36. The molecule has 3 N–H and O–H groups in total. The molecule has 0 aliphatic carbocycles. The largest absolute Gasteiger partial charge is 0.507 e. The van der Waals surface area contributed by atoms with Gasteiger partial charge >= 0.3 is 22.1 Å². The highest BCUT2D eigenvalue weighted by Crippen LogP contribution is 2.37. The molecule has 0 fully saturated rings. The normalized spacial score (nSPS) is 10.9. The van der Waals surface area contributed by atoms with Crippen LogP contribution in [0, 0.1) is 40.1 Å². The third kappa shape index (κ3) is 11.1. The summed E-state index contributed by atoms with van der Waals surface area (Å²) in [5.74, 6) is -1.81. The first-order chi connectivity index (χ1) is 32.6. The van der Waals surface area contributed by atoms with Crippen molar-refractivity contribution in [3.63, 3.8) is 0 Å². The van der Waals surface area contributed by atoms with Crippen molar-refractivity contribution in [1.29, 1.82) is 10.5 Å². The molecule has 0 saturated heterocycles. The lowest BCUT2D eigenvalue weighted by atomic mass is 10.1. The summed E-state index contributed by atoms with van der Waals surface area (Å²) < 4.78 is 111. The fourth-order valence-electron chi connectivity index (χ4n) is 6.51. The first-order valence-electron chi connectivity index (χ1n) is 19.1. The molecule has 70 heavy (non-hydrogen) atoms. The maximum absolute atomic E-state index is 14.8. The van der Waals surface area contributed by atoms with Crippen molar-refractivity contribution in [2.45, 2.75) is 18.2 Å². The first-order valence-corrected chi connectivity index (χ1v) is 19.9. The molecule has 14 nitrogen and oxygen atoms in total. The second-order valence-corrected chi connectivity index (χ2v) is 14.8. The number of rotatable bonds is 8. The van der Waals surface area contributed by atoms with Crippen LogP contribution in [-0.4, -0.2) is 38.4 Å². The number of fused-ring (bicyclic) bond motifs is 2. The fraction of sp³-hybridized carbons (Fsp3) is 0.106. The third-order valence-corrected chi connectivity index (χ3v) is 10.1. The van der Waals surface area contributed by atoms with Gasteiger partial charge in [-0.2, -0.15) is 28.1 Å². The van der Waals surface area contributed by atoms with Gasteiger partial charge < -0.3 is 29.3 Å². The van der Waals surface area contributed by atoms with Gasteiger partial charge in [-0.25, -0.2) is 31.9 Å². The molecule has 360 valence electrons. The average Bonchev–Trinajstić information content (AvgIpc) is 3.30. The molecule has 0 spiro atoms. The summed E-state index contributed by atoms with van der Waals surface area (Å²) in [5.41, 5.74) is -10.0. The quantitative estimate of drug-likeness (QED) is 0.0970. The second-order valence-electron chi connectivity index (χ2n) is 13.9. The van der Waals surface area contributed by atoms with Crippen molar-refractivity contribution in [3.8, 4) is 52.3 Å². The molecular weight excluding hydrogens is 980 g/mol. The van der Waals surface area contributed by atoms with Crippen LogP contribution < -0.4 is 36.7 Å². The van der Waals surface area contributed by atoms with Crippen molar-refractivity contribution in [2.24, 2.45) is 0 Å². The van der Waals surface area contributed by atoms with Gasteiger partial charge in [0.25, 0.3) is 11.1 Å². The molecule has 0 amide bonds. The molecule has 6 aromatic carbocycles. The van der Waals surface area contributed by atoms with E-state index < -0.39 is 79.0 Å². The number of H-pyrrole nitrogens is 2. The molecule has 0 saturated carbocycles. The number of phenols is 1. The number of halogens is 9. The Morgan fingerprint density at radius 3 is 1.40 bits per heavy atom. The van der Waals surface area contributed by atoms with Gasteiger partial charge in [-0.3, -0.25) is 9.59 Å². The number of benzene rings is 6. The number of ether oxygens (including phenoxy) is 3. The number of hydrogen-bond donors (Lipinski definition) is 3. The second kappa shape index (κ2) is 21.2. The van der Waals surface area contributed by atoms with Crippen molar-refractivity contribution in [1.82, 2.24) is 19.1 Å². The fourth-order valence-corrected chi connectivity index (χ4v) is 6.72. The van der Waals surface area contributed by atoms with E-state index in [0.717, 1.165) is 28.7 Å². The van der Waals surface area contributed by atoms with Gasteiger partial charge in [0.05, 0.1) is 36.7 Å². The van der Waals surface area contributed by atoms with E-state index in [9.17, 15) is 60.3 Å². The number of methoxy groups -OCH3 is 2. The summed E-state index contributed by atoms with van der Waals surface area (Å²) in [6.07, 6.45) is 0. The summed E-state index contributed by atoms with van der Waals surface area (Å²) in [5, 5.41) is 22.6. The Bertz CT molecular complexity index is 3570. The van der Waals surface area contributed by atoms with E-state index in [1.807, 2.05) is 24.3 Å². The number of alkyl halides is 6. The smallest absolute Gasteiger partial charge is 0.362 e. The SMILES string of the molecule is C.COc1cccc2c(O)cccc12.COc1cccc2c(Oc3cc(-n4c(=O)cc(C(F)(F)Cl)[nH]c4=O)c(F)cc3C#N)cccc12.N#Cc1cc(F)c(-n2c(=O)cc(C(F)(F)Cl)[nH]c2=O)cc1F. The highest BCUT2D eigenvalue weighted by Gasteiger charge is 2.32. The van der Waals surface area contributed by atoms with Crippen LogP contribution in [0.3, 0.4) is 0 Å². The molecule has 2 aromatic heterocycles. The number of nitriles is 2. The van der Waals surface area contributed by atoms with Gasteiger partial charge in [0.2, 0.25) is 0 Å². The van der Waals surface area contributed by atoms with Crippen LogP contribution >= 0.6 is 23.2 Å².